The summed E-state index contributed by atoms with van der Waals surface area (Å²) in [6.45, 7) is 4.81. The topological polar surface area (TPSA) is 67.1 Å². The molecule has 2 aliphatic rings. The molecule has 2 heterocycles. The Labute approximate surface area is 155 Å². The van der Waals surface area contributed by atoms with Crippen molar-refractivity contribution in [1.82, 2.24) is 25.1 Å². The van der Waals surface area contributed by atoms with Crippen molar-refractivity contribution >= 4 is 0 Å². The molecule has 2 aromatic rings. The van der Waals surface area contributed by atoms with E-state index in [4.69, 9.17) is 0 Å². The Hall–Kier alpha value is -1.79. The molecule has 140 valence electrons. The van der Waals surface area contributed by atoms with Crippen molar-refractivity contribution in [3.63, 3.8) is 0 Å². The molecule has 1 aromatic heterocycles. The average molecular weight is 355 g/mol. The molecule has 1 aliphatic carbocycles. The Morgan fingerprint density at radius 3 is 2.73 bits per heavy atom. The van der Waals surface area contributed by atoms with Crippen LogP contribution in [0.15, 0.2) is 30.3 Å². The molecule has 1 aromatic carbocycles. The molecule has 0 radical (unpaired) electrons. The normalized spacial score (nSPS) is 29.5. The Morgan fingerprint density at radius 1 is 1.15 bits per heavy atom. The lowest BCUT2D eigenvalue weighted by atomic mass is 9.66. The molecule has 0 bridgehead atoms. The van der Waals surface area contributed by atoms with Crippen LogP contribution in [0.2, 0.25) is 0 Å². The van der Waals surface area contributed by atoms with Crippen molar-refractivity contribution in [3.05, 3.63) is 41.7 Å². The molecular weight excluding hydrogens is 326 g/mol. The summed E-state index contributed by atoms with van der Waals surface area (Å²) in [6, 6.07) is 10.8. The summed E-state index contributed by atoms with van der Waals surface area (Å²) in [5.74, 6) is 1.21. The first kappa shape index (κ1) is 17.6. The van der Waals surface area contributed by atoms with E-state index in [2.05, 4.69) is 32.6 Å². The van der Waals surface area contributed by atoms with Crippen molar-refractivity contribution in [1.29, 1.82) is 0 Å². The smallest absolute Gasteiger partial charge is 0.148 e. The molecular formula is C20H29N5O. The number of aryl methyl sites for hydroxylation is 2. The Bertz CT molecular complexity index is 718. The second-order valence-corrected chi connectivity index (χ2v) is 7.84. The first-order chi connectivity index (χ1) is 12.7. The minimum absolute atomic E-state index is 0.335. The zero-order valence-electron chi connectivity index (χ0n) is 15.6. The van der Waals surface area contributed by atoms with Crippen molar-refractivity contribution in [2.75, 3.05) is 13.1 Å². The van der Waals surface area contributed by atoms with Crippen molar-refractivity contribution in [3.8, 4) is 0 Å². The van der Waals surface area contributed by atoms with E-state index in [1.807, 2.05) is 29.8 Å². The van der Waals surface area contributed by atoms with Gasteiger partial charge in [-0.2, -0.15) is 0 Å². The largest absolute Gasteiger partial charge is 0.385 e. The number of hydrogen-bond acceptors (Lipinski definition) is 5. The van der Waals surface area contributed by atoms with E-state index in [-0.39, 0.29) is 0 Å². The number of nitrogens with zero attached hydrogens (tertiary/aromatic N) is 5. The van der Waals surface area contributed by atoms with Gasteiger partial charge in [0.2, 0.25) is 0 Å². The molecule has 0 unspecified atom stereocenters. The van der Waals surface area contributed by atoms with Crippen molar-refractivity contribution in [2.45, 2.75) is 63.6 Å². The third kappa shape index (κ3) is 3.28. The summed E-state index contributed by atoms with van der Waals surface area (Å²) in [5, 5.41) is 23.3. The third-order valence-corrected chi connectivity index (χ3v) is 6.39. The molecule has 1 N–H and O–H groups in total. The maximum Gasteiger partial charge on any atom is 0.148 e. The van der Waals surface area contributed by atoms with Crippen LogP contribution in [0.25, 0.3) is 0 Å². The first-order valence-corrected chi connectivity index (χ1v) is 9.93. The number of hydrogen-bond donors (Lipinski definition) is 1. The molecule has 4 rings (SSSR count). The molecule has 6 heteroatoms. The van der Waals surface area contributed by atoms with E-state index in [1.54, 1.807) is 0 Å². The standard InChI is InChI=1S/C20H29N5O/c1-16-21-22-23-25(16)14-7-13-24-15-12-20(26,17-8-3-2-4-9-17)18-10-5-6-11-19(18)24/h2-4,8-9,18-19,26H,5-7,10-15H2,1H3/t18-,19-,20+/m0/s1. The number of aliphatic hydroxyl groups is 1. The van der Waals surface area contributed by atoms with Crippen LogP contribution in [-0.2, 0) is 12.1 Å². The minimum atomic E-state index is -0.671. The summed E-state index contributed by atoms with van der Waals surface area (Å²) in [7, 11) is 0. The highest BCUT2D eigenvalue weighted by molar-refractivity contribution is 5.25. The number of likely N-dealkylation sites (tertiary alicyclic amines) is 1. The van der Waals surface area contributed by atoms with Gasteiger partial charge < -0.3 is 5.11 Å². The Kier molecular flexibility index (Phi) is 5.05. The van der Waals surface area contributed by atoms with Crippen LogP contribution < -0.4 is 0 Å². The number of rotatable bonds is 5. The van der Waals surface area contributed by atoms with Gasteiger partial charge >= 0.3 is 0 Å². The highest BCUT2D eigenvalue weighted by Gasteiger charge is 2.48. The highest BCUT2D eigenvalue weighted by atomic mass is 16.3. The average Bonchev–Trinajstić information content (AvgIpc) is 3.09. The Morgan fingerprint density at radius 2 is 1.96 bits per heavy atom. The van der Waals surface area contributed by atoms with Crippen molar-refractivity contribution < 1.29 is 5.11 Å². The summed E-state index contributed by atoms with van der Waals surface area (Å²) in [4.78, 5) is 2.61. The lowest BCUT2D eigenvalue weighted by molar-refractivity contribution is -0.121. The molecule has 26 heavy (non-hydrogen) atoms. The summed E-state index contributed by atoms with van der Waals surface area (Å²) < 4.78 is 1.88. The molecule has 6 nitrogen and oxygen atoms in total. The molecule has 3 atom stereocenters. The van der Waals surface area contributed by atoms with Crippen LogP contribution in [0, 0.1) is 12.8 Å². The van der Waals surface area contributed by atoms with Gasteiger partial charge in [0.25, 0.3) is 0 Å². The summed E-state index contributed by atoms with van der Waals surface area (Å²) in [5.41, 5.74) is 0.427. The van der Waals surface area contributed by atoms with E-state index in [9.17, 15) is 5.11 Å². The second kappa shape index (κ2) is 7.45. The molecule has 2 fully saturated rings. The van der Waals surface area contributed by atoms with Gasteiger partial charge in [-0.15, -0.1) is 5.10 Å². The zero-order chi connectivity index (χ0) is 18.0. The van der Waals surface area contributed by atoms with Crippen LogP contribution in [-0.4, -0.2) is 49.3 Å². The summed E-state index contributed by atoms with van der Waals surface area (Å²) >= 11 is 0. The fourth-order valence-electron chi connectivity index (χ4n) is 5.01. The number of piperidine rings is 1. The quantitative estimate of drug-likeness (QED) is 0.893. The minimum Gasteiger partial charge on any atom is -0.385 e. The van der Waals surface area contributed by atoms with E-state index < -0.39 is 5.60 Å². The monoisotopic (exact) mass is 355 g/mol. The van der Waals surface area contributed by atoms with Crippen LogP contribution in [0.1, 0.15) is 49.9 Å². The fourth-order valence-corrected chi connectivity index (χ4v) is 5.01. The number of benzene rings is 1. The van der Waals surface area contributed by atoms with Gasteiger partial charge in [-0.05, 0) is 48.6 Å². The number of tetrazole rings is 1. The summed E-state index contributed by atoms with van der Waals surface area (Å²) in [6.07, 6.45) is 6.69. The SMILES string of the molecule is Cc1nnnn1CCCN1CC[C@@](O)(c2ccccc2)[C@H]2CCCC[C@@H]21. The predicted octanol–water partition coefficient (Wildman–Crippen LogP) is 2.52. The fraction of sp³-hybridized carbons (Fsp3) is 0.650. The van der Waals surface area contributed by atoms with E-state index >= 15 is 0 Å². The van der Waals surface area contributed by atoms with Crippen LogP contribution >= 0.6 is 0 Å². The van der Waals surface area contributed by atoms with E-state index in [1.165, 1.54) is 19.3 Å². The van der Waals surface area contributed by atoms with Gasteiger partial charge in [0.15, 0.2) is 0 Å². The van der Waals surface area contributed by atoms with E-state index in [0.717, 1.165) is 50.3 Å². The maximum absolute atomic E-state index is 11.6. The molecule has 0 spiro atoms. The van der Waals surface area contributed by atoms with Gasteiger partial charge in [0, 0.05) is 31.6 Å². The number of fused-ring (bicyclic) bond motifs is 1. The van der Waals surface area contributed by atoms with Gasteiger partial charge in [-0.3, -0.25) is 4.90 Å². The van der Waals surface area contributed by atoms with Crippen LogP contribution in [0.4, 0.5) is 0 Å². The zero-order valence-corrected chi connectivity index (χ0v) is 15.6. The molecule has 0 amide bonds. The van der Waals surface area contributed by atoms with Crippen LogP contribution in [0.5, 0.6) is 0 Å². The Balaban J connectivity index is 1.45. The van der Waals surface area contributed by atoms with Crippen LogP contribution in [0.3, 0.4) is 0 Å². The lowest BCUT2D eigenvalue weighted by Crippen LogP contribution is -2.57. The lowest BCUT2D eigenvalue weighted by Gasteiger charge is -2.52. The van der Waals surface area contributed by atoms with Gasteiger partial charge in [0.05, 0.1) is 5.60 Å². The van der Waals surface area contributed by atoms with Gasteiger partial charge in [-0.25, -0.2) is 4.68 Å². The molecule has 1 saturated heterocycles. The third-order valence-electron chi connectivity index (χ3n) is 6.39. The molecule has 1 aliphatic heterocycles. The van der Waals surface area contributed by atoms with E-state index in [0.29, 0.717) is 12.0 Å². The number of aromatic nitrogens is 4. The highest BCUT2D eigenvalue weighted by Crippen LogP contribution is 2.46. The van der Waals surface area contributed by atoms with Crippen molar-refractivity contribution in [2.24, 2.45) is 5.92 Å². The molecule has 1 saturated carbocycles. The second-order valence-electron chi connectivity index (χ2n) is 7.84. The van der Waals surface area contributed by atoms with Gasteiger partial charge in [0.1, 0.15) is 5.82 Å². The first-order valence-electron chi connectivity index (χ1n) is 9.93. The predicted molar refractivity (Wildman–Crippen MR) is 99.4 cm³/mol. The maximum atomic E-state index is 11.6. The van der Waals surface area contributed by atoms with Gasteiger partial charge in [-0.1, -0.05) is 43.2 Å².